The number of nitrogens with one attached hydrogen (secondary N) is 1. The van der Waals surface area contributed by atoms with Gasteiger partial charge in [-0.1, -0.05) is 30.3 Å². The van der Waals surface area contributed by atoms with E-state index >= 15 is 0 Å². The van der Waals surface area contributed by atoms with Gasteiger partial charge >= 0.3 is 0 Å². The number of likely N-dealkylation sites (tertiary alicyclic amines) is 1. The summed E-state index contributed by atoms with van der Waals surface area (Å²) >= 11 is 0. The van der Waals surface area contributed by atoms with Crippen LogP contribution >= 0.6 is 0 Å². The van der Waals surface area contributed by atoms with Crippen LogP contribution in [0.15, 0.2) is 42.9 Å². The smallest absolute Gasteiger partial charge is 0.156 e. The maximum atomic E-state index is 9.89. The fourth-order valence-electron chi connectivity index (χ4n) is 3.62. The number of benzene rings is 1. The predicted octanol–water partition coefficient (Wildman–Crippen LogP) is 2.71. The van der Waals surface area contributed by atoms with Crippen LogP contribution in [0.1, 0.15) is 18.5 Å². The second-order valence-corrected chi connectivity index (χ2v) is 7.01. The Labute approximate surface area is 153 Å². The Kier molecular flexibility index (Phi) is 4.86. The fourth-order valence-corrected chi connectivity index (χ4v) is 3.62. The van der Waals surface area contributed by atoms with Crippen molar-refractivity contribution in [3.05, 3.63) is 48.5 Å². The molecule has 2 aromatic heterocycles. The van der Waals surface area contributed by atoms with Crippen LogP contribution in [0.2, 0.25) is 0 Å². The minimum absolute atomic E-state index is 0.196. The number of imidazole rings is 2. The predicted molar refractivity (Wildman–Crippen MR) is 102 cm³/mol. The Hall–Kier alpha value is -2.44. The van der Waals surface area contributed by atoms with Gasteiger partial charge in [0.1, 0.15) is 5.69 Å². The number of piperidine rings is 1. The molecule has 1 aliphatic heterocycles. The lowest BCUT2D eigenvalue weighted by Crippen LogP contribution is -2.39. The molecule has 0 bridgehead atoms. The molecule has 6 heteroatoms. The van der Waals surface area contributed by atoms with Gasteiger partial charge in [0.25, 0.3) is 0 Å². The summed E-state index contributed by atoms with van der Waals surface area (Å²) < 4.78 is 2.17. The lowest BCUT2D eigenvalue weighted by Gasteiger charge is -2.30. The first-order chi connectivity index (χ1) is 12.7. The number of nitrogens with zero attached hydrogens (tertiary/aromatic N) is 4. The third-order valence-electron chi connectivity index (χ3n) is 4.95. The molecule has 3 aromatic rings. The lowest BCUT2D eigenvalue weighted by molar-refractivity contribution is 0.0690. The number of aromatic amines is 1. The number of hydrogen-bond donors (Lipinski definition) is 2. The maximum Gasteiger partial charge on any atom is 0.156 e. The Balaban J connectivity index is 1.63. The van der Waals surface area contributed by atoms with Gasteiger partial charge in [0.15, 0.2) is 5.82 Å². The maximum absolute atomic E-state index is 9.89. The van der Waals surface area contributed by atoms with Gasteiger partial charge < -0.3 is 14.7 Å². The molecule has 6 nitrogen and oxygen atoms in total. The average Bonchev–Trinajstić information content (AvgIpc) is 3.26. The summed E-state index contributed by atoms with van der Waals surface area (Å²) in [6.45, 7) is 5.53. The molecule has 0 aliphatic carbocycles. The minimum atomic E-state index is -0.196. The van der Waals surface area contributed by atoms with Crippen LogP contribution in [0.5, 0.6) is 0 Å². The van der Waals surface area contributed by atoms with E-state index in [2.05, 4.69) is 36.6 Å². The first-order valence-electron chi connectivity index (χ1n) is 9.23. The lowest BCUT2D eigenvalue weighted by atomic mass is 10.1. The average molecular weight is 351 g/mol. The summed E-state index contributed by atoms with van der Waals surface area (Å²) in [7, 11) is 0. The number of aliphatic hydroxyl groups excluding tert-OH is 1. The van der Waals surface area contributed by atoms with Gasteiger partial charge in [-0.05, 0) is 26.3 Å². The van der Waals surface area contributed by atoms with Crippen molar-refractivity contribution in [1.29, 1.82) is 0 Å². The highest BCUT2D eigenvalue weighted by atomic mass is 16.3. The Morgan fingerprint density at radius 2 is 2.04 bits per heavy atom. The summed E-state index contributed by atoms with van der Waals surface area (Å²) in [5, 5.41) is 9.89. The van der Waals surface area contributed by atoms with Gasteiger partial charge in [0.05, 0.1) is 18.1 Å². The number of H-pyrrole nitrogens is 1. The standard InChI is InChI=1S/C20H25N5O/c1-15-12-21-20(23-15)19-18(16-6-3-2-4-7-16)22-14-25(19)11-10-24-9-5-8-17(26)13-24/h2-4,6-7,12,14,17,26H,5,8-11,13H2,1H3,(H,21,23)/t17-/m0/s1. The molecule has 26 heavy (non-hydrogen) atoms. The molecule has 1 aliphatic rings. The van der Waals surface area contributed by atoms with E-state index < -0.39 is 0 Å². The molecule has 0 spiro atoms. The van der Waals surface area contributed by atoms with Gasteiger partial charge in [-0.2, -0.15) is 0 Å². The molecule has 1 saturated heterocycles. The third kappa shape index (κ3) is 3.57. The van der Waals surface area contributed by atoms with E-state index in [4.69, 9.17) is 0 Å². The Bertz CT molecular complexity index is 854. The number of β-amino-alcohol motifs (C(OH)–C–C–N with tert-alkyl or cyclic N) is 1. The van der Waals surface area contributed by atoms with E-state index in [1.165, 1.54) is 0 Å². The van der Waals surface area contributed by atoms with Crippen molar-refractivity contribution in [3.63, 3.8) is 0 Å². The van der Waals surface area contributed by atoms with Crippen LogP contribution in [-0.2, 0) is 6.54 Å². The van der Waals surface area contributed by atoms with Crippen LogP contribution in [0.4, 0.5) is 0 Å². The van der Waals surface area contributed by atoms with Crippen LogP contribution in [-0.4, -0.2) is 55.3 Å². The fraction of sp³-hybridized carbons (Fsp3) is 0.400. The highest BCUT2D eigenvalue weighted by Gasteiger charge is 2.20. The van der Waals surface area contributed by atoms with Crippen molar-refractivity contribution in [3.8, 4) is 22.8 Å². The molecule has 1 fully saturated rings. The van der Waals surface area contributed by atoms with Gasteiger partial charge in [0.2, 0.25) is 0 Å². The van der Waals surface area contributed by atoms with Crippen LogP contribution in [0.3, 0.4) is 0 Å². The van der Waals surface area contributed by atoms with Crippen molar-refractivity contribution in [2.24, 2.45) is 0 Å². The SMILES string of the molecule is Cc1cnc(-c2c(-c3ccccc3)ncn2CCN2CCC[C@H](O)C2)[nH]1. The summed E-state index contributed by atoms with van der Waals surface area (Å²) in [5.74, 6) is 0.845. The largest absolute Gasteiger partial charge is 0.392 e. The van der Waals surface area contributed by atoms with Crippen molar-refractivity contribution < 1.29 is 5.11 Å². The van der Waals surface area contributed by atoms with Gasteiger partial charge in [0, 0.05) is 37.1 Å². The van der Waals surface area contributed by atoms with E-state index in [0.29, 0.717) is 0 Å². The van der Waals surface area contributed by atoms with Gasteiger partial charge in [-0.15, -0.1) is 0 Å². The number of aliphatic hydroxyl groups is 1. The van der Waals surface area contributed by atoms with E-state index in [-0.39, 0.29) is 6.10 Å². The van der Waals surface area contributed by atoms with E-state index in [0.717, 1.165) is 67.5 Å². The topological polar surface area (TPSA) is 70.0 Å². The van der Waals surface area contributed by atoms with E-state index in [1.54, 1.807) is 0 Å². The minimum Gasteiger partial charge on any atom is -0.392 e. The molecule has 2 N–H and O–H groups in total. The Morgan fingerprint density at radius 1 is 1.19 bits per heavy atom. The molecule has 0 unspecified atom stereocenters. The summed E-state index contributed by atoms with van der Waals surface area (Å²) in [6, 6.07) is 10.2. The molecule has 1 atom stereocenters. The van der Waals surface area contributed by atoms with Crippen molar-refractivity contribution in [1.82, 2.24) is 24.4 Å². The van der Waals surface area contributed by atoms with Gasteiger partial charge in [-0.25, -0.2) is 9.97 Å². The molecular formula is C20H25N5O. The Morgan fingerprint density at radius 3 is 2.77 bits per heavy atom. The zero-order chi connectivity index (χ0) is 17.9. The normalized spacial score (nSPS) is 18.3. The number of aryl methyl sites for hydroxylation is 1. The monoisotopic (exact) mass is 351 g/mol. The van der Waals surface area contributed by atoms with Crippen LogP contribution in [0.25, 0.3) is 22.8 Å². The van der Waals surface area contributed by atoms with Crippen LogP contribution in [0, 0.1) is 6.92 Å². The molecule has 4 rings (SSSR count). The third-order valence-corrected chi connectivity index (χ3v) is 4.95. The zero-order valence-electron chi connectivity index (χ0n) is 15.1. The molecule has 0 amide bonds. The summed E-state index contributed by atoms with van der Waals surface area (Å²) in [5.41, 5.74) is 4.08. The zero-order valence-corrected chi connectivity index (χ0v) is 15.1. The van der Waals surface area contributed by atoms with E-state index in [1.807, 2.05) is 37.6 Å². The number of aromatic nitrogens is 4. The van der Waals surface area contributed by atoms with Crippen molar-refractivity contribution in [2.45, 2.75) is 32.4 Å². The first-order valence-corrected chi connectivity index (χ1v) is 9.23. The number of hydrogen-bond acceptors (Lipinski definition) is 4. The second-order valence-electron chi connectivity index (χ2n) is 7.01. The molecule has 3 heterocycles. The molecule has 1 aromatic carbocycles. The van der Waals surface area contributed by atoms with Crippen molar-refractivity contribution in [2.75, 3.05) is 19.6 Å². The molecule has 136 valence electrons. The highest BCUT2D eigenvalue weighted by molar-refractivity contribution is 5.75. The van der Waals surface area contributed by atoms with Crippen molar-refractivity contribution >= 4 is 0 Å². The highest BCUT2D eigenvalue weighted by Crippen LogP contribution is 2.29. The second kappa shape index (κ2) is 7.43. The quantitative estimate of drug-likeness (QED) is 0.741. The van der Waals surface area contributed by atoms with E-state index in [9.17, 15) is 5.11 Å². The van der Waals surface area contributed by atoms with Gasteiger partial charge in [-0.3, -0.25) is 4.90 Å². The van der Waals surface area contributed by atoms with Crippen LogP contribution < -0.4 is 0 Å². The molecule has 0 saturated carbocycles. The molecular weight excluding hydrogens is 326 g/mol. The number of rotatable bonds is 5. The first kappa shape index (κ1) is 17.0. The summed E-state index contributed by atoms with van der Waals surface area (Å²) in [4.78, 5) is 14.9. The molecule has 0 radical (unpaired) electrons. The summed E-state index contributed by atoms with van der Waals surface area (Å²) in [6.07, 6.45) is 5.53.